The first-order valence-corrected chi connectivity index (χ1v) is 18.6. The number of carbonyl (C=O) groups excluding carboxylic acids is 1. The van der Waals surface area contributed by atoms with Crippen LogP contribution >= 0.6 is 0 Å². The van der Waals surface area contributed by atoms with Crippen LogP contribution in [0.5, 0.6) is 11.5 Å². The summed E-state index contributed by atoms with van der Waals surface area (Å²) in [4.78, 5) is 12.3. The van der Waals surface area contributed by atoms with Gasteiger partial charge in [-0.2, -0.15) is 0 Å². The number of likely N-dealkylation sites (N-methyl/N-ethyl adjacent to an activating group) is 1. The molecule has 1 N–H and O–H groups in total. The van der Waals surface area contributed by atoms with E-state index < -0.39 is 0 Å². The topological polar surface area (TPSA) is 65.0 Å². The number of hydrogen-bond acceptors (Lipinski definition) is 5. The number of carbonyl (C=O) groups is 1. The standard InChI is InChI=1S/C39H70NO5.BrH/c1-5-7-9-11-13-15-17-19-21-23-32-43-37-27-25-36(26-28-39(42)45-34-30-40(3,4)29-31-41)35-38(37)44-33-24-22-20-18-16-14-12-10-8-6-2;/h25-28,35,41H,5-24,29-34H2,1-4H3;1H/q+1;/p-1/b28-26+;. The van der Waals surface area contributed by atoms with Gasteiger partial charge in [-0.25, -0.2) is 4.79 Å². The van der Waals surface area contributed by atoms with Crippen LogP contribution in [0, 0.1) is 0 Å². The lowest BCUT2D eigenvalue weighted by Crippen LogP contribution is -3.00. The molecule has 0 aliphatic heterocycles. The van der Waals surface area contributed by atoms with Crippen molar-refractivity contribution >= 4 is 12.0 Å². The van der Waals surface area contributed by atoms with Crippen molar-refractivity contribution in [2.75, 3.05) is 53.6 Å². The van der Waals surface area contributed by atoms with E-state index in [0.29, 0.717) is 37.4 Å². The Hall–Kier alpha value is -1.57. The summed E-state index contributed by atoms with van der Waals surface area (Å²) in [5, 5.41) is 9.18. The minimum absolute atomic E-state index is 0. The molecule has 0 aromatic heterocycles. The highest BCUT2D eigenvalue weighted by molar-refractivity contribution is 5.87. The normalized spacial score (nSPS) is 11.5. The highest BCUT2D eigenvalue weighted by Crippen LogP contribution is 2.30. The Bertz CT molecular complexity index is 876. The second-order valence-corrected chi connectivity index (χ2v) is 13.4. The number of hydrogen-bond donors (Lipinski definition) is 1. The Morgan fingerprint density at radius 1 is 0.652 bits per heavy atom. The number of quaternary nitrogens is 1. The number of aliphatic hydroxyl groups is 1. The summed E-state index contributed by atoms with van der Waals surface area (Å²) in [6, 6.07) is 5.89. The third kappa shape index (κ3) is 25.5. The van der Waals surface area contributed by atoms with Gasteiger partial charge in [0.05, 0.1) is 33.9 Å². The quantitative estimate of drug-likeness (QED) is 0.0393. The van der Waals surface area contributed by atoms with Gasteiger partial charge in [-0.3, -0.25) is 0 Å². The largest absolute Gasteiger partial charge is 1.00 e. The third-order valence-corrected chi connectivity index (χ3v) is 8.54. The molecule has 7 heteroatoms. The van der Waals surface area contributed by atoms with E-state index in [-0.39, 0.29) is 29.6 Å². The number of nitrogens with zero attached hydrogens (tertiary/aromatic N) is 1. The molecule has 0 saturated carbocycles. The Balaban J connectivity index is 0.0000202. The van der Waals surface area contributed by atoms with Crippen molar-refractivity contribution in [2.45, 2.75) is 142 Å². The molecular formula is C39H70BrNO5. The zero-order valence-corrected chi connectivity index (χ0v) is 31.8. The lowest BCUT2D eigenvalue weighted by Gasteiger charge is -2.28. The Morgan fingerprint density at radius 3 is 1.59 bits per heavy atom. The minimum atomic E-state index is -0.367. The van der Waals surface area contributed by atoms with Crippen LogP contribution in [0.2, 0.25) is 0 Å². The van der Waals surface area contributed by atoms with Crippen molar-refractivity contribution in [3.63, 3.8) is 0 Å². The molecule has 1 aromatic rings. The molecule has 0 aliphatic carbocycles. The average Bonchev–Trinajstić information content (AvgIpc) is 3.02. The van der Waals surface area contributed by atoms with Gasteiger partial charge < -0.3 is 40.8 Å². The van der Waals surface area contributed by atoms with Gasteiger partial charge >= 0.3 is 5.97 Å². The molecule has 0 fully saturated rings. The van der Waals surface area contributed by atoms with Crippen molar-refractivity contribution < 1.29 is 45.6 Å². The van der Waals surface area contributed by atoms with Crippen molar-refractivity contribution in [1.82, 2.24) is 0 Å². The molecule has 0 atom stereocenters. The predicted molar refractivity (Wildman–Crippen MR) is 190 cm³/mol. The van der Waals surface area contributed by atoms with Crippen LogP contribution in [0.4, 0.5) is 0 Å². The van der Waals surface area contributed by atoms with E-state index in [4.69, 9.17) is 14.2 Å². The Kier molecular flexibility index (Phi) is 29.7. The number of aliphatic hydroxyl groups excluding tert-OH is 1. The summed E-state index contributed by atoms with van der Waals surface area (Å²) in [6.07, 6.45) is 29.2. The van der Waals surface area contributed by atoms with Gasteiger partial charge in [0.15, 0.2) is 11.5 Å². The van der Waals surface area contributed by atoms with Gasteiger partial charge in [0.2, 0.25) is 0 Å². The first kappa shape index (κ1) is 44.4. The summed E-state index contributed by atoms with van der Waals surface area (Å²) in [7, 11) is 4.02. The molecule has 46 heavy (non-hydrogen) atoms. The molecule has 0 amide bonds. The smallest absolute Gasteiger partial charge is 0.330 e. The summed E-state index contributed by atoms with van der Waals surface area (Å²) in [5.74, 6) is 1.16. The molecule has 0 unspecified atom stereocenters. The average molecular weight is 713 g/mol. The van der Waals surface area contributed by atoms with Gasteiger partial charge in [0.1, 0.15) is 19.7 Å². The third-order valence-electron chi connectivity index (χ3n) is 8.54. The molecule has 268 valence electrons. The molecule has 0 heterocycles. The summed E-state index contributed by atoms with van der Waals surface area (Å²) in [6.45, 7) is 7.61. The van der Waals surface area contributed by atoms with Gasteiger partial charge in [-0.1, -0.05) is 135 Å². The molecule has 6 nitrogen and oxygen atoms in total. The molecule has 0 radical (unpaired) electrons. The first-order chi connectivity index (χ1) is 21.9. The SMILES string of the molecule is CCCCCCCCCCCCOc1ccc(/C=C/C(=O)OCC[N+](C)(C)CCO)cc1OCCCCCCCCCCCC.[Br-]. The number of benzene rings is 1. The highest BCUT2D eigenvalue weighted by Gasteiger charge is 2.14. The predicted octanol–water partition coefficient (Wildman–Crippen LogP) is 6.92. The molecule has 1 aromatic carbocycles. The second-order valence-electron chi connectivity index (χ2n) is 13.4. The van der Waals surface area contributed by atoms with E-state index in [0.717, 1.165) is 29.9 Å². The van der Waals surface area contributed by atoms with E-state index in [9.17, 15) is 9.90 Å². The number of halogens is 1. The molecule has 0 bridgehead atoms. The van der Waals surface area contributed by atoms with E-state index in [1.807, 2.05) is 32.3 Å². The van der Waals surface area contributed by atoms with Gasteiger partial charge in [0.25, 0.3) is 0 Å². The van der Waals surface area contributed by atoms with Crippen molar-refractivity contribution in [3.05, 3.63) is 29.8 Å². The second kappa shape index (κ2) is 30.7. The summed E-state index contributed by atoms with van der Waals surface area (Å²) >= 11 is 0. The number of esters is 1. The lowest BCUT2D eigenvalue weighted by molar-refractivity contribution is -0.890. The number of rotatable bonds is 31. The van der Waals surface area contributed by atoms with Crippen molar-refractivity contribution in [2.24, 2.45) is 0 Å². The van der Waals surface area contributed by atoms with Crippen LogP contribution < -0.4 is 26.5 Å². The van der Waals surface area contributed by atoms with Gasteiger partial charge in [-0.05, 0) is 36.6 Å². The maximum atomic E-state index is 12.3. The number of unbranched alkanes of at least 4 members (excludes halogenated alkanes) is 18. The van der Waals surface area contributed by atoms with E-state index >= 15 is 0 Å². The monoisotopic (exact) mass is 711 g/mol. The van der Waals surface area contributed by atoms with Crippen LogP contribution in [-0.2, 0) is 9.53 Å². The van der Waals surface area contributed by atoms with Crippen molar-refractivity contribution in [1.29, 1.82) is 0 Å². The Morgan fingerprint density at radius 2 is 1.11 bits per heavy atom. The van der Waals surface area contributed by atoms with Gasteiger partial charge in [-0.15, -0.1) is 0 Å². The van der Waals surface area contributed by atoms with Crippen molar-refractivity contribution in [3.8, 4) is 11.5 Å². The number of ether oxygens (including phenoxy) is 3. The van der Waals surface area contributed by atoms with Crippen LogP contribution in [0.1, 0.15) is 148 Å². The first-order valence-electron chi connectivity index (χ1n) is 18.6. The highest BCUT2D eigenvalue weighted by atomic mass is 79.9. The van der Waals surface area contributed by atoms with Crippen LogP contribution in [0.25, 0.3) is 6.08 Å². The zero-order chi connectivity index (χ0) is 32.9. The Labute approximate surface area is 294 Å². The maximum Gasteiger partial charge on any atom is 0.330 e. The zero-order valence-electron chi connectivity index (χ0n) is 30.2. The van der Waals surface area contributed by atoms with Crippen LogP contribution in [-0.4, -0.2) is 69.2 Å². The van der Waals surface area contributed by atoms with E-state index in [1.165, 1.54) is 122 Å². The van der Waals surface area contributed by atoms with Gasteiger partial charge in [0, 0.05) is 6.08 Å². The van der Waals surface area contributed by atoms with E-state index in [1.54, 1.807) is 6.08 Å². The fourth-order valence-corrected chi connectivity index (χ4v) is 5.39. The minimum Gasteiger partial charge on any atom is -1.00 e. The molecule has 0 spiro atoms. The molecular weight excluding hydrogens is 642 g/mol. The van der Waals surface area contributed by atoms with Crippen LogP contribution in [0.3, 0.4) is 0 Å². The fourth-order valence-electron chi connectivity index (χ4n) is 5.39. The fraction of sp³-hybridized carbons (Fsp3) is 0.769. The molecule has 0 aliphatic rings. The summed E-state index contributed by atoms with van der Waals surface area (Å²) < 4.78 is 18.4. The lowest BCUT2D eigenvalue weighted by atomic mass is 10.1. The molecule has 0 saturated heterocycles. The van der Waals surface area contributed by atoms with Crippen LogP contribution in [0.15, 0.2) is 24.3 Å². The summed E-state index contributed by atoms with van der Waals surface area (Å²) in [5.41, 5.74) is 0.882. The van der Waals surface area contributed by atoms with E-state index in [2.05, 4.69) is 13.8 Å². The molecule has 1 rings (SSSR count). The maximum absolute atomic E-state index is 12.3.